The summed E-state index contributed by atoms with van der Waals surface area (Å²) in [7, 11) is 0. The zero-order valence-corrected chi connectivity index (χ0v) is 12.7. The maximum atomic E-state index is 11.8. The molecule has 7 heteroatoms. The molecule has 1 saturated carbocycles. The van der Waals surface area contributed by atoms with Gasteiger partial charge >= 0.3 is 12.0 Å². The molecule has 2 amide bonds. The Morgan fingerprint density at radius 2 is 2.20 bits per heavy atom. The lowest BCUT2D eigenvalue weighted by atomic mass is 9.96. The summed E-state index contributed by atoms with van der Waals surface area (Å²) in [6, 6.07) is 3.29. The highest BCUT2D eigenvalue weighted by molar-refractivity contribution is 7.16. The van der Waals surface area contributed by atoms with Gasteiger partial charge in [0.25, 0.3) is 0 Å². The Kier molecular flexibility index (Phi) is 4.55. The summed E-state index contributed by atoms with van der Waals surface area (Å²) >= 11 is 7.29. The van der Waals surface area contributed by atoms with E-state index in [2.05, 4.69) is 10.6 Å². The second-order valence-corrected chi connectivity index (χ2v) is 6.92. The molecule has 0 spiro atoms. The first-order chi connectivity index (χ1) is 9.41. The Bertz CT molecular complexity index is 515. The standard InChI is InChI=1S/C13H17ClN2O3S/c1-13(11(17)18,8-2-3-8)16-12(19)15-7-6-9-4-5-10(14)20-9/h4-5,8H,2-3,6-7H2,1H3,(H,17,18)(H2,15,16,19). The van der Waals surface area contributed by atoms with Crippen LogP contribution >= 0.6 is 22.9 Å². The van der Waals surface area contributed by atoms with Gasteiger partial charge in [-0.15, -0.1) is 11.3 Å². The highest BCUT2D eigenvalue weighted by atomic mass is 35.5. The van der Waals surface area contributed by atoms with Crippen molar-refractivity contribution < 1.29 is 14.7 Å². The number of halogens is 1. The number of carbonyl (C=O) groups excluding carboxylic acids is 1. The van der Waals surface area contributed by atoms with Crippen LogP contribution in [0.1, 0.15) is 24.6 Å². The fourth-order valence-electron chi connectivity index (χ4n) is 2.06. The highest BCUT2D eigenvalue weighted by Crippen LogP contribution is 2.39. The normalized spacial score (nSPS) is 17.3. The smallest absolute Gasteiger partial charge is 0.329 e. The van der Waals surface area contributed by atoms with Gasteiger partial charge in [0.1, 0.15) is 5.54 Å². The molecule has 20 heavy (non-hydrogen) atoms. The van der Waals surface area contributed by atoms with E-state index >= 15 is 0 Å². The molecule has 0 bridgehead atoms. The fourth-order valence-corrected chi connectivity index (χ4v) is 3.14. The zero-order chi connectivity index (χ0) is 14.8. The van der Waals surface area contributed by atoms with Crippen LogP contribution in [-0.2, 0) is 11.2 Å². The molecule has 1 aromatic rings. The lowest BCUT2D eigenvalue weighted by molar-refractivity contribution is -0.144. The SMILES string of the molecule is CC(NC(=O)NCCc1ccc(Cl)s1)(C(=O)O)C1CC1. The predicted molar refractivity (Wildman–Crippen MR) is 78.3 cm³/mol. The molecule has 1 atom stereocenters. The molecule has 1 unspecified atom stereocenters. The van der Waals surface area contributed by atoms with Crippen molar-refractivity contribution in [2.75, 3.05) is 6.54 Å². The quantitative estimate of drug-likeness (QED) is 0.754. The van der Waals surface area contributed by atoms with Gasteiger partial charge in [0, 0.05) is 11.4 Å². The van der Waals surface area contributed by atoms with Crippen molar-refractivity contribution in [3.8, 4) is 0 Å². The molecule has 1 aliphatic carbocycles. The number of amides is 2. The maximum absolute atomic E-state index is 11.8. The number of hydrogen-bond donors (Lipinski definition) is 3. The van der Waals surface area contributed by atoms with Gasteiger partial charge in [0.05, 0.1) is 4.34 Å². The van der Waals surface area contributed by atoms with Crippen molar-refractivity contribution in [2.45, 2.75) is 31.7 Å². The van der Waals surface area contributed by atoms with Crippen LogP contribution < -0.4 is 10.6 Å². The van der Waals surface area contributed by atoms with Crippen LogP contribution in [-0.4, -0.2) is 29.2 Å². The Morgan fingerprint density at radius 1 is 1.50 bits per heavy atom. The van der Waals surface area contributed by atoms with Gasteiger partial charge in [-0.25, -0.2) is 9.59 Å². The summed E-state index contributed by atoms with van der Waals surface area (Å²) in [6.07, 6.45) is 2.37. The molecule has 0 aromatic carbocycles. The number of rotatable bonds is 6. The molecule has 1 aromatic heterocycles. The molecule has 110 valence electrons. The van der Waals surface area contributed by atoms with E-state index in [1.54, 1.807) is 6.92 Å². The number of carboxylic acid groups (broad SMARTS) is 1. The molecule has 1 aliphatic rings. The summed E-state index contributed by atoms with van der Waals surface area (Å²) in [5.74, 6) is -0.956. The number of carboxylic acids is 1. The van der Waals surface area contributed by atoms with E-state index < -0.39 is 17.5 Å². The second-order valence-electron chi connectivity index (χ2n) is 5.12. The first kappa shape index (κ1) is 15.1. The monoisotopic (exact) mass is 316 g/mol. The average molecular weight is 317 g/mol. The highest BCUT2D eigenvalue weighted by Gasteiger charge is 2.48. The van der Waals surface area contributed by atoms with E-state index in [1.807, 2.05) is 12.1 Å². The first-order valence-electron chi connectivity index (χ1n) is 6.45. The Labute approximate surface area is 126 Å². The van der Waals surface area contributed by atoms with Crippen LogP contribution in [0.15, 0.2) is 12.1 Å². The van der Waals surface area contributed by atoms with Crippen molar-refractivity contribution in [3.05, 3.63) is 21.3 Å². The molecular weight excluding hydrogens is 300 g/mol. The van der Waals surface area contributed by atoms with Crippen molar-refractivity contribution in [1.29, 1.82) is 0 Å². The Hall–Kier alpha value is -1.27. The van der Waals surface area contributed by atoms with Crippen LogP contribution in [0.2, 0.25) is 4.34 Å². The van der Waals surface area contributed by atoms with E-state index in [0.717, 1.165) is 22.1 Å². The predicted octanol–water partition coefficient (Wildman–Crippen LogP) is 2.50. The topological polar surface area (TPSA) is 78.4 Å². The molecule has 0 radical (unpaired) electrons. The van der Waals surface area contributed by atoms with Gasteiger partial charge in [-0.1, -0.05) is 11.6 Å². The lowest BCUT2D eigenvalue weighted by Crippen LogP contribution is -2.56. The van der Waals surface area contributed by atoms with Crippen molar-refractivity contribution in [3.63, 3.8) is 0 Å². The van der Waals surface area contributed by atoms with Crippen molar-refractivity contribution in [1.82, 2.24) is 10.6 Å². The van der Waals surface area contributed by atoms with Crippen LogP contribution in [0.3, 0.4) is 0 Å². The minimum Gasteiger partial charge on any atom is -0.480 e. The number of carbonyl (C=O) groups is 2. The molecule has 0 aliphatic heterocycles. The number of hydrogen-bond acceptors (Lipinski definition) is 3. The molecular formula is C13H17ClN2O3S. The van der Waals surface area contributed by atoms with E-state index in [0.29, 0.717) is 13.0 Å². The molecule has 5 nitrogen and oxygen atoms in total. The lowest BCUT2D eigenvalue weighted by Gasteiger charge is -2.26. The number of aliphatic carboxylic acids is 1. The van der Waals surface area contributed by atoms with E-state index in [9.17, 15) is 14.7 Å². The first-order valence-corrected chi connectivity index (χ1v) is 7.65. The minimum absolute atomic E-state index is 0.0295. The van der Waals surface area contributed by atoms with Gasteiger partial charge in [-0.2, -0.15) is 0 Å². The largest absolute Gasteiger partial charge is 0.480 e. The molecule has 0 saturated heterocycles. The third kappa shape index (κ3) is 3.64. The summed E-state index contributed by atoms with van der Waals surface area (Å²) < 4.78 is 0.719. The summed E-state index contributed by atoms with van der Waals surface area (Å²) in [6.45, 7) is 2.01. The van der Waals surface area contributed by atoms with Gasteiger partial charge in [-0.3, -0.25) is 0 Å². The third-order valence-corrected chi connectivity index (χ3v) is 4.79. The van der Waals surface area contributed by atoms with Crippen molar-refractivity contribution in [2.24, 2.45) is 5.92 Å². The van der Waals surface area contributed by atoms with Gasteiger partial charge in [0.2, 0.25) is 0 Å². The van der Waals surface area contributed by atoms with Crippen LogP contribution in [0, 0.1) is 5.92 Å². The van der Waals surface area contributed by atoms with Crippen LogP contribution in [0.25, 0.3) is 0 Å². The Balaban J connectivity index is 1.78. The van der Waals surface area contributed by atoms with Gasteiger partial charge in [-0.05, 0) is 44.2 Å². The molecule has 1 fully saturated rings. The van der Waals surface area contributed by atoms with Crippen LogP contribution in [0.4, 0.5) is 4.79 Å². The number of thiophene rings is 1. The van der Waals surface area contributed by atoms with E-state index in [4.69, 9.17) is 11.6 Å². The number of urea groups is 1. The summed E-state index contributed by atoms with van der Waals surface area (Å²) in [4.78, 5) is 24.1. The average Bonchev–Trinajstić information content (AvgIpc) is 3.14. The van der Waals surface area contributed by atoms with E-state index in [-0.39, 0.29) is 5.92 Å². The van der Waals surface area contributed by atoms with Crippen molar-refractivity contribution >= 4 is 34.9 Å². The minimum atomic E-state index is -1.17. The fraction of sp³-hybridized carbons (Fsp3) is 0.538. The van der Waals surface area contributed by atoms with E-state index in [1.165, 1.54) is 11.3 Å². The summed E-state index contributed by atoms with van der Waals surface area (Å²) in [5.41, 5.74) is -1.17. The third-order valence-electron chi connectivity index (χ3n) is 3.50. The zero-order valence-electron chi connectivity index (χ0n) is 11.1. The van der Waals surface area contributed by atoms with Gasteiger partial charge in [0.15, 0.2) is 0 Å². The second kappa shape index (κ2) is 6.01. The Morgan fingerprint density at radius 3 is 2.70 bits per heavy atom. The molecule has 1 heterocycles. The molecule has 2 rings (SSSR count). The summed E-state index contributed by atoms with van der Waals surface area (Å²) in [5, 5.41) is 14.5. The molecule has 3 N–H and O–H groups in total. The van der Waals surface area contributed by atoms with Crippen LogP contribution in [0.5, 0.6) is 0 Å². The van der Waals surface area contributed by atoms with Gasteiger partial charge < -0.3 is 15.7 Å². The number of nitrogens with one attached hydrogen (secondary N) is 2. The maximum Gasteiger partial charge on any atom is 0.329 e.